The molecule has 0 saturated heterocycles. The molecular formula is C52H49N. The molecule has 0 atom stereocenters. The van der Waals surface area contributed by atoms with Crippen LogP contribution in [0.5, 0.6) is 0 Å². The predicted molar refractivity (Wildman–Crippen MR) is 227 cm³/mol. The molecular weight excluding hydrogens is 639 g/mol. The van der Waals surface area contributed by atoms with Crippen molar-refractivity contribution in [1.29, 1.82) is 0 Å². The third-order valence-electron chi connectivity index (χ3n) is 12.2. The molecule has 0 radical (unpaired) electrons. The second-order valence-corrected chi connectivity index (χ2v) is 16.2. The van der Waals surface area contributed by atoms with Gasteiger partial charge in [0.1, 0.15) is 0 Å². The maximum absolute atomic E-state index is 2.47. The van der Waals surface area contributed by atoms with Crippen LogP contribution in [0.25, 0.3) is 44.2 Å². The average Bonchev–Trinajstić information content (AvgIpc) is 3.44. The lowest BCUT2D eigenvalue weighted by molar-refractivity contribution is 0.443. The van der Waals surface area contributed by atoms with Gasteiger partial charge in [0.05, 0.1) is 0 Å². The Labute approximate surface area is 316 Å². The lowest BCUT2D eigenvalue weighted by Crippen LogP contribution is -2.16. The fraction of sp³-hybridized carbons (Fsp3) is 0.231. The zero-order chi connectivity index (χ0) is 36.1. The molecule has 1 saturated carbocycles. The van der Waals surface area contributed by atoms with Gasteiger partial charge in [-0.05, 0) is 140 Å². The molecule has 0 amide bonds. The van der Waals surface area contributed by atoms with Gasteiger partial charge in [0, 0.05) is 22.5 Å². The fourth-order valence-corrected chi connectivity index (χ4v) is 9.33. The van der Waals surface area contributed by atoms with E-state index in [4.69, 9.17) is 0 Å². The van der Waals surface area contributed by atoms with E-state index in [1.807, 2.05) is 0 Å². The van der Waals surface area contributed by atoms with Gasteiger partial charge in [0.25, 0.3) is 0 Å². The second-order valence-electron chi connectivity index (χ2n) is 16.2. The SMILES string of the molecule is CC(C)c1cccc2c1-c1ccc(N(c3ccc(-c4cc5ccccc5cc4-c4ccccc4)cc3)c3ccc(C4CCCCC4)cc3)cc1C2(C)C. The van der Waals surface area contributed by atoms with E-state index in [1.165, 1.54) is 110 Å². The first kappa shape index (κ1) is 33.4. The number of fused-ring (bicyclic) bond motifs is 4. The summed E-state index contributed by atoms with van der Waals surface area (Å²) in [5.74, 6) is 1.15. The maximum Gasteiger partial charge on any atom is 0.0465 e. The fourth-order valence-electron chi connectivity index (χ4n) is 9.33. The molecule has 1 nitrogen and oxygen atoms in total. The van der Waals surface area contributed by atoms with Crippen LogP contribution in [0.15, 0.2) is 152 Å². The van der Waals surface area contributed by atoms with E-state index >= 15 is 0 Å². The number of anilines is 3. The Morgan fingerprint density at radius 1 is 0.509 bits per heavy atom. The van der Waals surface area contributed by atoms with Gasteiger partial charge in [0.15, 0.2) is 0 Å². The summed E-state index contributed by atoms with van der Waals surface area (Å²) in [7, 11) is 0. The van der Waals surface area contributed by atoms with Crippen molar-refractivity contribution in [2.75, 3.05) is 4.90 Å². The van der Waals surface area contributed by atoms with Gasteiger partial charge < -0.3 is 4.90 Å². The van der Waals surface area contributed by atoms with Gasteiger partial charge in [-0.3, -0.25) is 0 Å². The van der Waals surface area contributed by atoms with Crippen LogP contribution in [0, 0.1) is 0 Å². The highest BCUT2D eigenvalue weighted by atomic mass is 15.1. The molecule has 0 bridgehead atoms. The number of benzene rings is 7. The van der Waals surface area contributed by atoms with E-state index < -0.39 is 0 Å². The van der Waals surface area contributed by atoms with E-state index in [0.29, 0.717) is 11.8 Å². The largest absolute Gasteiger partial charge is 0.310 e. The minimum Gasteiger partial charge on any atom is -0.310 e. The van der Waals surface area contributed by atoms with Gasteiger partial charge in [-0.1, -0.05) is 150 Å². The van der Waals surface area contributed by atoms with Crippen LogP contribution in [0.1, 0.15) is 93.9 Å². The normalized spacial score (nSPS) is 15.0. The van der Waals surface area contributed by atoms with E-state index in [9.17, 15) is 0 Å². The van der Waals surface area contributed by atoms with Crippen molar-refractivity contribution >= 4 is 27.8 Å². The Bertz CT molecular complexity index is 2410. The smallest absolute Gasteiger partial charge is 0.0465 e. The highest BCUT2D eigenvalue weighted by Crippen LogP contribution is 2.53. The van der Waals surface area contributed by atoms with Crippen LogP contribution in [-0.4, -0.2) is 0 Å². The summed E-state index contributed by atoms with van der Waals surface area (Å²) in [5, 5.41) is 2.52. The third kappa shape index (κ3) is 5.97. The highest BCUT2D eigenvalue weighted by Gasteiger charge is 2.37. The zero-order valence-corrected chi connectivity index (χ0v) is 31.6. The molecule has 0 aromatic heterocycles. The Morgan fingerprint density at radius 2 is 1.09 bits per heavy atom. The lowest BCUT2D eigenvalue weighted by atomic mass is 9.81. The maximum atomic E-state index is 2.47. The topological polar surface area (TPSA) is 3.24 Å². The summed E-state index contributed by atoms with van der Waals surface area (Å²) >= 11 is 0. The van der Waals surface area contributed by atoms with Crippen molar-refractivity contribution in [3.63, 3.8) is 0 Å². The highest BCUT2D eigenvalue weighted by molar-refractivity contribution is 5.97. The molecule has 2 aliphatic rings. The van der Waals surface area contributed by atoms with Crippen LogP contribution in [0.2, 0.25) is 0 Å². The van der Waals surface area contributed by atoms with Crippen LogP contribution in [0.3, 0.4) is 0 Å². The number of hydrogen-bond donors (Lipinski definition) is 0. The minimum absolute atomic E-state index is 0.0874. The first-order chi connectivity index (χ1) is 25.9. The molecule has 9 rings (SSSR count). The van der Waals surface area contributed by atoms with Gasteiger partial charge in [0.2, 0.25) is 0 Å². The molecule has 1 fully saturated rings. The molecule has 7 aromatic carbocycles. The van der Waals surface area contributed by atoms with Gasteiger partial charge in [-0.25, -0.2) is 0 Å². The van der Waals surface area contributed by atoms with Crippen molar-refractivity contribution in [2.45, 2.75) is 77.0 Å². The third-order valence-corrected chi connectivity index (χ3v) is 12.2. The Balaban J connectivity index is 1.16. The molecule has 0 spiro atoms. The lowest BCUT2D eigenvalue weighted by Gasteiger charge is -2.29. The van der Waals surface area contributed by atoms with E-state index in [-0.39, 0.29) is 5.41 Å². The molecule has 0 unspecified atom stereocenters. The summed E-state index contributed by atoms with van der Waals surface area (Å²) in [6, 6.07) is 57.1. The number of nitrogens with zero attached hydrogens (tertiary/aromatic N) is 1. The Morgan fingerprint density at radius 3 is 1.74 bits per heavy atom. The van der Waals surface area contributed by atoms with Crippen molar-refractivity contribution in [3.05, 3.63) is 174 Å². The van der Waals surface area contributed by atoms with Crippen LogP contribution in [0.4, 0.5) is 17.1 Å². The molecule has 7 aromatic rings. The summed E-state index contributed by atoms with van der Waals surface area (Å²) in [4.78, 5) is 2.47. The monoisotopic (exact) mass is 687 g/mol. The summed E-state index contributed by atoms with van der Waals surface area (Å²) in [5.41, 5.74) is 17.0. The van der Waals surface area contributed by atoms with E-state index in [2.05, 4.69) is 184 Å². The Hall–Kier alpha value is -5.40. The predicted octanol–water partition coefficient (Wildman–Crippen LogP) is 15.1. The molecule has 53 heavy (non-hydrogen) atoms. The first-order valence-corrected chi connectivity index (χ1v) is 19.7. The summed E-state index contributed by atoms with van der Waals surface area (Å²) in [6.45, 7) is 9.44. The molecule has 0 heterocycles. The first-order valence-electron chi connectivity index (χ1n) is 19.7. The quantitative estimate of drug-likeness (QED) is 0.161. The average molecular weight is 688 g/mol. The molecule has 0 N–H and O–H groups in total. The van der Waals surface area contributed by atoms with Crippen molar-refractivity contribution in [3.8, 4) is 33.4 Å². The van der Waals surface area contributed by atoms with Crippen LogP contribution in [-0.2, 0) is 5.41 Å². The second kappa shape index (κ2) is 13.5. The van der Waals surface area contributed by atoms with Crippen molar-refractivity contribution in [2.24, 2.45) is 0 Å². The number of rotatable bonds is 7. The van der Waals surface area contributed by atoms with Gasteiger partial charge in [-0.2, -0.15) is 0 Å². The molecule has 0 aliphatic heterocycles. The molecule has 262 valence electrons. The number of hydrogen-bond acceptors (Lipinski definition) is 1. The van der Waals surface area contributed by atoms with E-state index in [0.717, 1.165) is 5.69 Å². The van der Waals surface area contributed by atoms with Crippen molar-refractivity contribution in [1.82, 2.24) is 0 Å². The molecule has 1 heteroatoms. The van der Waals surface area contributed by atoms with Gasteiger partial charge >= 0.3 is 0 Å². The molecule has 2 aliphatic carbocycles. The van der Waals surface area contributed by atoms with Crippen molar-refractivity contribution < 1.29 is 0 Å². The van der Waals surface area contributed by atoms with Gasteiger partial charge in [-0.15, -0.1) is 0 Å². The zero-order valence-electron chi connectivity index (χ0n) is 31.6. The summed E-state index contributed by atoms with van der Waals surface area (Å²) < 4.78 is 0. The standard InChI is InChI=1S/C52H49N/c1-35(2)45-20-13-21-49-51(45)46-31-30-44(34-50(46)52(49,3)4)53(42-26-22-37(23-27-42)36-14-7-5-8-15-36)43-28-24-39(25-29-43)48-33-41-19-12-11-18-40(41)32-47(48)38-16-9-6-10-17-38/h6,9-13,16-36H,5,7-8,14-15H2,1-4H3. The Kier molecular flexibility index (Phi) is 8.54. The van der Waals surface area contributed by atoms with E-state index in [1.54, 1.807) is 0 Å². The van der Waals surface area contributed by atoms with Crippen LogP contribution >= 0.6 is 0 Å². The van der Waals surface area contributed by atoms with Crippen LogP contribution < -0.4 is 4.90 Å². The minimum atomic E-state index is -0.0874. The summed E-state index contributed by atoms with van der Waals surface area (Å²) in [6.07, 6.45) is 6.69.